The van der Waals surface area contributed by atoms with E-state index < -0.39 is 5.60 Å². The first-order valence-corrected chi connectivity index (χ1v) is 6.49. The zero-order valence-corrected chi connectivity index (χ0v) is 11.6. The molecule has 0 saturated carbocycles. The second kappa shape index (κ2) is 4.93. The molecule has 1 aliphatic rings. The molecule has 0 unspecified atom stereocenters. The lowest BCUT2D eigenvalue weighted by Gasteiger charge is -2.43. The number of carbonyl (C=O) groups excluding carboxylic acids is 1. The van der Waals surface area contributed by atoms with Gasteiger partial charge in [-0.2, -0.15) is 0 Å². The molecule has 0 atom stereocenters. The number of hydrogen-bond donors (Lipinski definition) is 1. The first kappa shape index (κ1) is 14.0. The van der Waals surface area contributed by atoms with Crippen molar-refractivity contribution in [2.24, 2.45) is 0 Å². The van der Waals surface area contributed by atoms with Gasteiger partial charge in [0.2, 0.25) is 0 Å². The summed E-state index contributed by atoms with van der Waals surface area (Å²) in [6.07, 6.45) is 0.322. The molecule has 0 radical (unpaired) electrons. The van der Waals surface area contributed by atoms with E-state index >= 15 is 0 Å². The van der Waals surface area contributed by atoms with Gasteiger partial charge in [-0.05, 0) is 38.5 Å². The Kier molecular flexibility index (Phi) is 3.63. The van der Waals surface area contributed by atoms with Crippen LogP contribution in [0.25, 0.3) is 0 Å². The van der Waals surface area contributed by atoms with Gasteiger partial charge in [-0.3, -0.25) is 4.79 Å². The summed E-state index contributed by atoms with van der Waals surface area (Å²) >= 11 is 0. The molecule has 3 nitrogen and oxygen atoms in total. The van der Waals surface area contributed by atoms with Gasteiger partial charge in [0.15, 0.2) is 0 Å². The van der Waals surface area contributed by atoms with Crippen LogP contribution in [-0.2, 0) is 14.9 Å². The quantitative estimate of drug-likeness (QED) is 0.853. The smallest absolute Gasteiger partial charge is 0.307 e. The maximum Gasteiger partial charge on any atom is 0.307 e. The van der Waals surface area contributed by atoms with Crippen LogP contribution < -0.4 is 5.32 Å². The van der Waals surface area contributed by atoms with Crippen LogP contribution in [0.5, 0.6) is 0 Å². The normalized spacial score (nSPS) is 17.7. The van der Waals surface area contributed by atoms with Gasteiger partial charge in [0, 0.05) is 18.5 Å². The summed E-state index contributed by atoms with van der Waals surface area (Å²) in [6, 6.07) is 6.37. The van der Waals surface area contributed by atoms with Crippen molar-refractivity contribution >= 4 is 5.97 Å². The predicted molar refractivity (Wildman–Crippen MR) is 71.4 cm³/mol. The van der Waals surface area contributed by atoms with E-state index in [2.05, 4.69) is 5.32 Å². The number of ether oxygens (including phenoxy) is 1. The highest BCUT2D eigenvalue weighted by Gasteiger charge is 2.41. The zero-order valence-electron chi connectivity index (χ0n) is 11.6. The molecule has 1 fully saturated rings. The summed E-state index contributed by atoms with van der Waals surface area (Å²) in [5, 5.41) is 3.18. The molecule has 104 valence electrons. The van der Waals surface area contributed by atoms with E-state index in [1.165, 1.54) is 12.1 Å². The van der Waals surface area contributed by atoms with Gasteiger partial charge in [0.25, 0.3) is 0 Å². The lowest BCUT2D eigenvalue weighted by molar-refractivity contribution is -0.157. The summed E-state index contributed by atoms with van der Waals surface area (Å²) in [5.74, 6) is -0.471. The van der Waals surface area contributed by atoms with Crippen LogP contribution in [0.1, 0.15) is 32.8 Å². The maximum absolute atomic E-state index is 13.0. The Labute approximate surface area is 113 Å². The van der Waals surface area contributed by atoms with Crippen molar-refractivity contribution < 1.29 is 13.9 Å². The topological polar surface area (TPSA) is 38.3 Å². The van der Waals surface area contributed by atoms with E-state index in [-0.39, 0.29) is 17.2 Å². The third kappa shape index (κ3) is 3.32. The third-order valence-corrected chi connectivity index (χ3v) is 3.29. The summed E-state index contributed by atoms with van der Waals surface area (Å²) in [7, 11) is 0. The van der Waals surface area contributed by atoms with Crippen LogP contribution in [0.2, 0.25) is 0 Å². The number of benzene rings is 1. The van der Waals surface area contributed by atoms with Gasteiger partial charge in [-0.15, -0.1) is 0 Å². The maximum atomic E-state index is 13.0. The molecule has 0 aliphatic carbocycles. The van der Waals surface area contributed by atoms with E-state index in [9.17, 15) is 9.18 Å². The number of nitrogens with one attached hydrogen (secondary N) is 1. The molecule has 1 aliphatic heterocycles. The minimum absolute atomic E-state index is 0.210. The number of hydrogen-bond acceptors (Lipinski definition) is 3. The molecule has 1 saturated heterocycles. The van der Waals surface area contributed by atoms with Crippen LogP contribution in [0, 0.1) is 5.82 Å². The van der Waals surface area contributed by atoms with Crippen LogP contribution >= 0.6 is 0 Å². The first-order chi connectivity index (χ1) is 8.81. The van der Waals surface area contributed by atoms with E-state index in [4.69, 9.17) is 4.74 Å². The Morgan fingerprint density at radius 1 is 1.32 bits per heavy atom. The summed E-state index contributed by atoms with van der Waals surface area (Å²) in [6.45, 7) is 7.01. The number of carbonyl (C=O) groups is 1. The monoisotopic (exact) mass is 265 g/mol. The minimum atomic E-state index is -0.474. The van der Waals surface area contributed by atoms with Crippen LogP contribution in [0.4, 0.5) is 4.39 Å². The minimum Gasteiger partial charge on any atom is -0.460 e. The highest BCUT2D eigenvalue weighted by Crippen LogP contribution is 2.33. The Balaban J connectivity index is 2.11. The van der Waals surface area contributed by atoms with Gasteiger partial charge in [-0.1, -0.05) is 12.1 Å². The fraction of sp³-hybridized carbons (Fsp3) is 0.533. The largest absolute Gasteiger partial charge is 0.460 e. The molecule has 1 heterocycles. The van der Waals surface area contributed by atoms with E-state index in [1.54, 1.807) is 12.1 Å². The van der Waals surface area contributed by atoms with Crippen LogP contribution in [0.15, 0.2) is 24.3 Å². The summed E-state index contributed by atoms with van der Waals surface area (Å²) < 4.78 is 18.3. The van der Waals surface area contributed by atoms with Crippen molar-refractivity contribution in [2.45, 2.75) is 38.2 Å². The van der Waals surface area contributed by atoms with Gasteiger partial charge in [0.1, 0.15) is 11.4 Å². The number of esters is 1. The molecule has 0 bridgehead atoms. The second-order valence-electron chi connectivity index (χ2n) is 6.15. The average Bonchev–Trinajstić information content (AvgIpc) is 2.22. The van der Waals surface area contributed by atoms with Crippen LogP contribution in [-0.4, -0.2) is 24.7 Å². The van der Waals surface area contributed by atoms with Gasteiger partial charge >= 0.3 is 5.97 Å². The van der Waals surface area contributed by atoms with E-state index in [0.29, 0.717) is 6.42 Å². The van der Waals surface area contributed by atoms with Gasteiger partial charge < -0.3 is 10.1 Å². The van der Waals surface area contributed by atoms with Gasteiger partial charge in [0.05, 0.1) is 6.42 Å². The molecule has 0 aromatic heterocycles. The number of halogens is 1. The standard InChI is InChI=1S/C15H20FNO2/c1-14(2,3)19-13(18)8-15(9-17-10-15)11-4-6-12(16)7-5-11/h4-7,17H,8-10H2,1-3H3. The Morgan fingerprint density at radius 3 is 2.32 bits per heavy atom. The molecule has 19 heavy (non-hydrogen) atoms. The van der Waals surface area contributed by atoms with Gasteiger partial charge in [-0.25, -0.2) is 4.39 Å². The Hall–Kier alpha value is -1.42. The van der Waals surface area contributed by atoms with E-state index in [0.717, 1.165) is 18.7 Å². The van der Waals surface area contributed by atoms with Crippen LogP contribution in [0.3, 0.4) is 0 Å². The predicted octanol–water partition coefficient (Wildman–Crippen LogP) is 2.40. The average molecular weight is 265 g/mol. The summed E-state index contributed by atoms with van der Waals surface area (Å²) in [5.41, 5.74) is 0.257. The third-order valence-electron chi connectivity index (χ3n) is 3.29. The highest BCUT2D eigenvalue weighted by atomic mass is 19.1. The molecular formula is C15H20FNO2. The summed E-state index contributed by atoms with van der Waals surface area (Å²) in [4.78, 5) is 12.0. The second-order valence-corrected chi connectivity index (χ2v) is 6.15. The molecule has 0 spiro atoms. The SMILES string of the molecule is CC(C)(C)OC(=O)CC1(c2ccc(F)cc2)CNC1. The molecule has 4 heteroatoms. The lowest BCUT2D eigenvalue weighted by atomic mass is 9.72. The van der Waals surface area contributed by atoms with Crippen molar-refractivity contribution in [2.75, 3.05) is 13.1 Å². The van der Waals surface area contributed by atoms with Crippen molar-refractivity contribution in [1.29, 1.82) is 0 Å². The molecule has 1 N–H and O–H groups in total. The highest BCUT2D eigenvalue weighted by molar-refractivity contribution is 5.72. The number of rotatable bonds is 3. The zero-order chi connectivity index (χ0) is 14.1. The fourth-order valence-corrected chi connectivity index (χ4v) is 2.32. The Morgan fingerprint density at radius 2 is 1.89 bits per heavy atom. The van der Waals surface area contributed by atoms with Crippen molar-refractivity contribution in [3.8, 4) is 0 Å². The fourth-order valence-electron chi connectivity index (χ4n) is 2.32. The molecule has 1 aromatic rings. The van der Waals surface area contributed by atoms with Crippen molar-refractivity contribution in [1.82, 2.24) is 5.32 Å². The molecule has 1 aromatic carbocycles. The van der Waals surface area contributed by atoms with Crippen molar-refractivity contribution in [3.05, 3.63) is 35.6 Å². The molecule has 2 rings (SSSR count). The molecule has 0 amide bonds. The first-order valence-electron chi connectivity index (χ1n) is 6.49. The Bertz CT molecular complexity index is 458. The van der Waals surface area contributed by atoms with Crippen molar-refractivity contribution in [3.63, 3.8) is 0 Å². The molecular weight excluding hydrogens is 245 g/mol. The van der Waals surface area contributed by atoms with E-state index in [1.807, 2.05) is 20.8 Å². The lowest BCUT2D eigenvalue weighted by Crippen LogP contribution is -2.58.